The molecule has 0 aliphatic rings. The Kier molecular flexibility index (Phi) is 4.99. The molecule has 0 spiro atoms. The number of ether oxygens (including phenoxy) is 2. The number of rotatable bonds is 5. The topological polar surface area (TPSA) is 35.5 Å². The SMILES string of the molecule is COc1c(C)ccc(C(=O)/C=C/c2cccc(C)c2)c1OC. The first kappa shape index (κ1) is 15.8. The Morgan fingerprint density at radius 1 is 1.00 bits per heavy atom. The van der Waals surface area contributed by atoms with Crippen molar-refractivity contribution in [3.05, 3.63) is 64.7 Å². The Hall–Kier alpha value is -2.55. The Labute approximate surface area is 131 Å². The molecular weight excluding hydrogens is 276 g/mol. The second-order valence-corrected chi connectivity index (χ2v) is 5.11. The number of benzene rings is 2. The number of aryl methyl sites for hydroxylation is 2. The molecule has 0 radical (unpaired) electrons. The minimum atomic E-state index is -0.114. The van der Waals surface area contributed by atoms with Crippen molar-refractivity contribution in [2.45, 2.75) is 13.8 Å². The zero-order valence-electron chi connectivity index (χ0n) is 13.3. The Balaban J connectivity index is 2.34. The average molecular weight is 296 g/mol. The molecule has 2 rings (SSSR count). The van der Waals surface area contributed by atoms with Gasteiger partial charge in [0.1, 0.15) is 0 Å². The van der Waals surface area contributed by atoms with E-state index in [1.807, 2.05) is 44.2 Å². The second-order valence-electron chi connectivity index (χ2n) is 5.11. The first-order valence-electron chi connectivity index (χ1n) is 7.07. The first-order chi connectivity index (χ1) is 10.6. The fourth-order valence-electron chi connectivity index (χ4n) is 2.35. The van der Waals surface area contributed by atoms with Crippen LogP contribution in [0.15, 0.2) is 42.5 Å². The van der Waals surface area contributed by atoms with Gasteiger partial charge in [0.25, 0.3) is 0 Å². The molecule has 3 nitrogen and oxygen atoms in total. The lowest BCUT2D eigenvalue weighted by atomic mass is 10.0. The minimum absolute atomic E-state index is 0.114. The van der Waals surface area contributed by atoms with Gasteiger partial charge in [-0.1, -0.05) is 42.0 Å². The summed E-state index contributed by atoms with van der Waals surface area (Å²) in [6, 6.07) is 11.6. The molecular formula is C19H20O3. The van der Waals surface area contributed by atoms with Crippen LogP contribution in [0.2, 0.25) is 0 Å². The molecule has 0 aromatic heterocycles. The zero-order chi connectivity index (χ0) is 16.1. The lowest BCUT2D eigenvalue weighted by Crippen LogP contribution is -2.02. The summed E-state index contributed by atoms with van der Waals surface area (Å²) >= 11 is 0. The largest absolute Gasteiger partial charge is 0.493 e. The fraction of sp³-hybridized carbons (Fsp3) is 0.211. The molecule has 0 saturated carbocycles. The van der Waals surface area contributed by atoms with Gasteiger partial charge in [0, 0.05) is 0 Å². The van der Waals surface area contributed by atoms with Crippen LogP contribution < -0.4 is 9.47 Å². The summed E-state index contributed by atoms with van der Waals surface area (Å²) in [5, 5.41) is 0. The number of carbonyl (C=O) groups excluding carboxylic acids is 1. The molecule has 0 unspecified atom stereocenters. The highest BCUT2D eigenvalue weighted by Crippen LogP contribution is 2.34. The Morgan fingerprint density at radius 3 is 2.36 bits per heavy atom. The molecule has 0 amide bonds. The molecule has 0 saturated heterocycles. The van der Waals surface area contributed by atoms with Gasteiger partial charge in [0.05, 0.1) is 19.8 Å². The standard InChI is InChI=1S/C19H20O3/c1-13-6-5-7-15(12-13)9-11-17(20)16-10-8-14(2)18(21-3)19(16)22-4/h5-12H,1-4H3/b11-9+. The molecule has 0 bridgehead atoms. The van der Waals surface area contributed by atoms with Gasteiger partial charge in [-0.3, -0.25) is 4.79 Å². The van der Waals surface area contributed by atoms with Crippen molar-refractivity contribution in [1.82, 2.24) is 0 Å². The maximum atomic E-state index is 12.4. The molecule has 0 aliphatic heterocycles. The molecule has 3 heteroatoms. The molecule has 0 fully saturated rings. The number of allylic oxidation sites excluding steroid dienone is 1. The maximum Gasteiger partial charge on any atom is 0.189 e. The number of hydrogen-bond donors (Lipinski definition) is 0. The highest BCUT2D eigenvalue weighted by atomic mass is 16.5. The van der Waals surface area contributed by atoms with E-state index >= 15 is 0 Å². The summed E-state index contributed by atoms with van der Waals surface area (Å²) in [6.45, 7) is 3.94. The van der Waals surface area contributed by atoms with Crippen molar-refractivity contribution in [2.75, 3.05) is 14.2 Å². The van der Waals surface area contributed by atoms with E-state index in [2.05, 4.69) is 0 Å². The van der Waals surface area contributed by atoms with E-state index in [0.717, 1.165) is 16.7 Å². The van der Waals surface area contributed by atoms with Crippen LogP contribution in [-0.4, -0.2) is 20.0 Å². The summed E-state index contributed by atoms with van der Waals surface area (Å²) in [7, 11) is 3.11. The lowest BCUT2D eigenvalue weighted by molar-refractivity contribution is 0.104. The number of carbonyl (C=O) groups is 1. The van der Waals surface area contributed by atoms with Crippen molar-refractivity contribution in [1.29, 1.82) is 0 Å². The van der Waals surface area contributed by atoms with Crippen molar-refractivity contribution >= 4 is 11.9 Å². The molecule has 114 valence electrons. The predicted octanol–water partition coefficient (Wildman–Crippen LogP) is 4.22. The van der Waals surface area contributed by atoms with Crippen molar-refractivity contribution < 1.29 is 14.3 Å². The van der Waals surface area contributed by atoms with Crippen LogP contribution >= 0.6 is 0 Å². The van der Waals surface area contributed by atoms with Crippen LogP contribution in [-0.2, 0) is 0 Å². The molecule has 0 N–H and O–H groups in total. The van der Waals surface area contributed by atoms with Gasteiger partial charge in [-0.05, 0) is 37.1 Å². The second kappa shape index (κ2) is 6.94. The molecule has 2 aromatic rings. The van der Waals surface area contributed by atoms with Gasteiger partial charge in [0.15, 0.2) is 17.3 Å². The monoisotopic (exact) mass is 296 g/mol. The van der Waals surface area contributed by atoms with Gasteiger partial charge in [-0.2, -0.15) is 0 Å². The smallest absolute Gasteiger partial charge is 0.189 e. The van der Waals surface area contributed by atoms with Gasteiger partial charge >= 0.3 is 0 Å². The molecule has 0 aliphatic carbocycles. The normalized spacial score (nSPS) is 10.7. The third-order valence-electron chi connectivity index (χ3n) is 3.45. The van der Waals surface area contributed by atoms with Crippen molar-refractivity contribution in [2.24, 2.45) is 0 Å². The summed E-state index contributed by atoms with van der Waals surface area (Å²) in [5.41, 5.74) is 3.57. The van der Waals surface area contributed by atoms with E-state index in [1.165, 1.54) is 0 Å². The maximum absolute atomic E-state index is 12.4. The Bertz CT molecular complexity index is 715. The van der Waals surface area contributed by atoms with Crippen LogP contribution in [0.1, 0.15) is 27.0 Å². The number of methoxy groups -OCH3 is 2. The quantitative estimate of drug-likeness (QED) is 0.612. The predicted molar refractivity (Wildman–Crippen MR) is 88.8 cm³/mol. The minimum Gasteiger partial charge on any atom is -0.493 e. The van der Waals surface area contributed by atoms with E-state index in [4.69, 9.17) is 9.47 Å². The lowest BCUT2D eigenvalue weighted by Gasteiger charge is -2.13. The van der Waals surface area contributed by atoms with Crippen molar-refractivity contribution in [3.63, 3.8) is 0 Å². The zero-order valence-corrected chi connectivity index (χ0v) is 13.3. The van der Waals surface area contributed by atoms with E-state index in [9.17, 15) is 4.79 Å². The summed E-state index contributed by atoms with van der Waals surface area (Å²) < 4.78 is 10.7. The van der Waals surface area contributed by atoms with Crippen LogP contribution in [0.25, 0.3) is 6.08 Å². The molecule has 0 atom stereocenters. The van der Waals surface area contributed by atoms with Gasteiger partial charge in [-0.15, -0.1) is 0 Å². The van der Waals surface area contributed by atoms with E-state index < -0.39 is 0 Å². The number of hydrogen-bond acceptors (Lipinski definition) is 3. The molecule has 0 heterocycles. The van der Waals surface area contributed by atoms with Gasteiger partial charge in [0.2, 0.25) is 0 Å². The van der Waals surface area contributed by atoms with Crippen LogP contribution in [0.5, 0.6) is 11.5 Å². The third kappa shape index (κ3) is 3.37. The van der Waals surface area contributed by atoms with E-state index in [0.29, 0.717) is 17.1 Å². The summed E-state index contributed by atoms with van der Waals surface area (Å²) in [4.78, 5) is 12.4. The molecule has 22 heavy (non-hydrogen) atoms. The summed E-state index contributed by atoms with van der Waals surface area (Å²) in [5.74, 6) is 0.954. The number of ketones is 1. The van der Waals surface area contributed by atoms with E-state index in [1.54, 1.807) is 32.4 Å². The van der Waals surface area contributed by atoms with Crippen molar-refractivity contribution in [3.8, 4) is 11.5 Å². The first-order valence-corrected chi connectivity index (χ1v) is 7.07. The highest BCUT2D eigenvalue weighted by molar-refractivity contribution is 6.09. The van der Waals surface area contributed by atoms with Gasteiger partial charge < -0.3 is 9.47 Å². The van der Waals surface area contributed by atoms with Crippen LogP contribution in [0.4, 0.5) is 0 Å². The van der Waals surface area contributed by atoms with E-state index in [-0.39, 0.29) is 5.78 Å². The highest BCUT2D eigenvalue weighted by Gasteiger charge is 2.16. The summed E-state index contributed by atoms with van der Waals surface area (Å²) in [6.07, 6.45) is 3.36. The van der Waals surface area contributed by atoms with Gasteiger partial charge in [-0.25, -0.2) is 0 Å². The average Bonchev–Trinajstić information content (AvgIpc) is 2.52. The Morgan fingerprint density at radius 2 is 1.73 bits per heavy atom. The van der Waals surface area contributed by atoms with Crippen LogP contribution in [0.3, 0.4) is 0 Å². The third-order valence-corrected chi connectivity index (χ3v) is 3.45. The molecule has 2 aromatic carbocycles. The van der Waals surface area contributed by atoms with Crippen LogP contribution in [0, 0.1) is 13.8 Å². The fourth-order valence-corrected chi connectivity index (χ4v) is 2.35.